The maximum absolute atomic E-state index is 12.3. The second-order valence-corrected chi connectivity index (χ2v) is 4.60. The van der Waals surface area contributed by atoms with Gasteiger partial charge in [-0.3, -0.25) is 9.78 Å². The first-order valence-electron chi connectivity index (χ1n) is 6.30. The van der Waals surface area contributed by atoms with Gasteiger partial charge in [0.2, 0.25) is 0 Å². The molecular formula is C13H16N2O3. The topological polar surface area (TPSA) is 55.0 Å². The van der Waals surface area contributed by atoms with E-state index in [1.807, 2.05) is 11.8 Å². The summed E-state index contributed by atoms with van der Waals surface area (Å²) >= 11 is 0. The molecule has 2 aliphatic rings. The largest absolute Gasteiger partial charge is 0.492 e. The number of piperidine rings is 1. The molecule has 0 saturated carbocycles. The van der Waals surface area contributed by atoms with Gasteiger partial charge in [0.1, 0.15) is 11.9 Å². The van der Waals surface area contributed by atoms with Crippen molar-refractivity contribution < 1.29 is 14.3 Å². The highest BCUT2D eigenvalue weighted by molar-refractivity contribution is 5.94. The third kappa shape index (κ3) is 2.18. The van der Waals surface area contributed by atoms with Crippen molar-refractivity contribution in [2.75, 3.05) is 19.7 Å². The monoisotopic (exact) mass is 248 g/mol. The highest BCUT2D eigenvalue weighted by atomic mass is 16.6. The molecule has 18 heavy (non-hydrogen) atoms. The second-order valence-electron chi connectivity index (χ2n) is 4.60. The summed E-state index contributed by atoms with van der Waals surface area (Å²) in [5.41, 5.74) is 0.583. The number of nitrogens with zero attached hydrogens (tertiary/aromatic N) is 2. The maximum Gasteiger partial charge on any atom is 0.255 e. The fourth-order valence-corrected chi connectivity index (χ4v) is 2.33. The molecular weight excluding hydrogens is 232 g/mol. The molecule has 1 aromatic rings. The van der Waals surface area contributed by atoms with Crippen LogP contribution in [0.25, 0.3) is 0 Å². The van der Waals surface area contributed by atoms with Crippen LogP contribution in [0.1, 0.15) is 23.7 Å². The van der Waals surface area contributed by atoms with Gasteiger partial charge in [0, 0.05) is 19.3 Å². The normalized spacial score (nSPS) is 25.5. The third-order valence-corrected chi connectivity index (χ3v) is 3.33. The van der Waals surface area contributed by atoms with Gasteiger partial charge in [0.15, 0.2) is 0 Å². The molecule has 3 heterocycles. The first kappa shape index (κ1) is 11.5. The lowest BCUT2D eigenvalue weighted by Crippen LogP contribution is -2.39. The lowest BCUT2D eigenvalue weighted by atomic mass is 10.1. The summed E-state index contributed by atoms with van der Waals surface area (Å²) < 4.78 is 10.8. The van der Waals surface area contributed by atoms with E-state index < -0.39 is 0 Å². The lowest BCUT2D eigenvalue weighted by molar-refractivity contribution is 0.0735. The highest BCUT2D eigenvalue weighted by Gasteiger charge is 2.44. The summed E-state index contributed by atoms with van der Waals surface area (Å²) in [6.07, 6.45) is 4.79. The quantitative estimate of drug-likeness (QED) is 0.751. The molecule has 2 fully saturated rings. The standard InChI is InChI=1S/C13H16N2O3/c1-2-17-10-5-9(6-14-7-10)13(16)15-4-3-11-12(8-15)18-11/h5-7,11-12H,2-4,8H2,1H3. The van der Waals surface area contributed by atoms with Crippen molar-refractivity contribution in [2.45, 2.75) is 25.6 Å². The first-order chi connectivity index (χ1) is 8.78. The van der Waals surface area contributed by atoms with Gasteiger partial charge in [-0.1, -0.05) is 0 Å². The van der Waals surface area contributed by atoms with Crippen molar-refractivity contribution in [3.63, 3.8) is 0 Å². The Morgan fingerprint density at radius 1 is 1.56 bits per heavy atom. The van der Waals surface area contributed by atoms with E-state index >= 15 is 0 Å². The molecule has 5 heteroatoms. The Kier molecular flexibility index (Phi) is 2.91. The molecule has 5 nitrogen and oxygen atoms in total. The zero-order chi connectivity index (χ0) is 12.5. The number of carbonyl (C=O) groups excluding carboxylic acids is 1. The van der Waals surface area contributed by atoms with E-state index in [2.05, 4.69) is 4.98 Å². The summed E-state index contributed by atoms with van der Waals surface area (Å²) in [7, 11) is 0. The van der Waals surface area contributed by atoms with Gasteiger partial charge in [-0.15, -0.1) is 0 Å². The van der Waals surface area contributed by atoms with E-state index in [0.29, 0.717) is 30.6 Å². The molecule has 2 saturated heterocycles. The van der Waals surface area contributed by atoms with Gasteiger partial charge in [0.25, 0.3) is 5.91 Å². The predicted octanol–water partition coefficient (Wildman–Crippen LogP) is 1.09. The number of epoxide rings is 1. The zero-order valence-electron chi connectivity index (χ0n) is 10.3. The SMILES string of the molecule is CCOc1cncc(C(=O)N2CCC3OC3C2)c1. The van der Waals surface area contributed by atoms with E-state index in [1.165, 1.54) is 0 Å². The summed E-state index contributed by atoms with van der Waals surface area (Å²) in [5, 5.41) is 0. The van der Waals surface area contributed by atoms with Crippen LogP contribution in [0.4, 0.5) is 0 Å². The molecule has 2 atom stereocenters. The van der Waals surface area contributed by atoms with Gasteiger partial charge in [0.05, 0.1) is 24.5 Å². The van der Waals surface area contributed by atoms with Crippen molar-refractivity contribution in [1.82, 2.24) is 9.88 Å². The average molecular weight is 248 g/mol. The number of pyridine rings is 1. The molecule has 0 aliphatic carbocycles. The van der Waals surface area contributed by atoms with Crippen LogP contribution in [-0.4, -0.2) is 47.7 Å². The summed E-state index contributed by atoms with van der Waals surface area (Å²) in [5.74, 6) is 0.652. The number of hydrogen-bond acceptors (Lipinski definition) is 4. The van der Waals surface area contributed by atoms with Crippen LogP contribution in [0.2, 0.25) is 0 Å². The van der Waals surface area contributed by atoms with Gasteiger partial charge in [-0.2, -0.15) is 0 Å². The zero-order valence-corrected chi connectivity index (χ0v) is 10.3. The Hall–Kier alpha value is -1.62. The highest BCUT2D eigenvalue weighted by Crippen LogP contribution is 2.31. The molecule has 2 aliphatic heterocycles. The van der Waals surface area contributed by atoms with Crippen LogP contribution in [0.15, 0.2) is 18.5 Å². The van der Waals surface area contributed by atoms with Crippen LogP contribution < -0.4 is 4.74 Å². The lowest BCUT2D eigenvalue weighted by Gasteiger charge is -2.24. The number of aromatic nitrogens is 1. The molecule has 96 valence electrons. The van der Waals surface area contributed by atoms with E-state index in [9.17, 15) is 4.79 Å². The smallest absolute Gasteiger partial charge is 0.255 e. The van der Waals surface area contributed by atoms with Crippen LogP contribution in [0.3, 0.4) is 0 Å². The molecule has 0 bridgehead atoms. The van der Waals surface area contributed by atoms with Gasteiger partial charge in [-0.25, -0.2) is 0 Å². The van der Waals surface area contributed by atoms with Crippen molar-refractivity contribution >= 4 is 5.91 Å². The molecule has 2 unspecified atom stereocenters. The van der Waals surface area contributed by atoms with Crippen molar-refractivity contribution in [2.24, 2.45) is 0 Å². The van der Waals surface area contributed by atoms with Crippen LogP contribution >= 0.6 is 0 Å². The molecule has 0 N–H and O–H groups in total. The van der Waals surface area contributed by atoms with Gasteiger partial charge >= 0.3 is 0 Å². The first-order valence-corrected chi connectivity index (χ1v) is 6.30. The van der Waals surface area contributed by atoms with Crippen LogP contribution in [0, 0.1) is 0 Å². The Balaban J connectivity index is 1.72. The molecule has 1 aromatic heterocycles. The van der Waals surface area contributed by atoms with Crippen molar-refractivity contribution in [1.29, 1.82) is 0 Å². The Morgan fingerprint density at radius 2 is 2.44 bits per heavy atom. The predicted molar refractivity (Wildman–Crippen MR) is 64.6 cm³/mol. The average Bonchev–Trinajstić information content (AvgIpc) is 3.17. The van der Waals surface area contributed by atoms with E-state index in [0.717, 1.165) is 13.0 Å². The minimum Gasteiger partial charge on any atom is -0.492 e. The van der Waals surface area contributed by atoms with Crippen LogP contribution in [0.5, 0.6) is 5.75 Å². The minimum atomic E-state index is 0.0120. The Morgan fingerprint density at radius 3 is 3.22 bits per heavy atom. The second kappa shape index (κ2) is 4.57. The number of likely N-dealkylation sites (tertiary alicyclic amines) is 1. The Bertz CT molecular complexity index is 463. The molecule has 0 radical (unpaired) electrons. The number of amides is 1. The number of hydrogen-bond donors (Lipinski definition) is 0. The Labute approximate surface area is 106 Å². The van der Waals surface area contributed by atoms with Gasteiger partial charge in [-0.05, 0) is 19.4 Å². The van der Waals surface area contributed by atoms with Crippen molar-refractivity contribution in [3.8, 4) is 5.75 Å². The maximum atomic E-state index is 12.3. The summed E-state index contributed by atoms with van der Waals surface area (Å²) in [6, 6.07) is 1.75. The fraction of sp³-hybridized carbons (Fsp3) is 0.538. The van der Waals surface area contributed by atoms with Crippen LogP contribution in [-0.2, 0) is 4.74 Å². The number of fused-ring (bicyclic) bond motifs is 1. The third-order valence-electron chi connectivity index (χ3n) is 3.33. The number of rotatable bonds is 3. The molecule has 1 amide bonds. The van der Waals surface area contributed by atoms with E-state index in [1.54, 1.807) is 18.5 Å². The molecule has 0 aromatic carbocycles. The van der Waals surface area contributed by atoms with E-state index in [-0.39, 0.29) is 12.0 Å². The summed E-state index contributed by atoms with van der Waals surface area (Å²) in [4.78, 5) is 18.2. The van der Waals surface area contributed by atoms with Crippen molar-refractivity contribution in [3.05, 3.63) is 24.0 Å². The minimum absolute atomic E-state index is 0.0120. The molecule has 0 spiro atoms. The summed E-state index contributed by atoms with van der Waals surface area (Å²) in [6.45, 7) is 3.94. The fourth-order valence-electron chi connectivity index (χ4n) is 2.33. The molecule has 3 rings (SSSR count). The number of ether oxygens (including phenoxy) is 2. The van der Waals surface area contributed by atoms with E-state index in [4.69, 9.17) is 9.47 Å². The number of carbonyl (C=O) groups is 1. The van der Waals surface area contributed by atoms with Gasteiger partial charge < -0.3 is 14.4 Å².